The van der Waals surface area contributed by atoms with Crippen molar-refractivity contribution in [2.24, 2.45) is 0 Å². The van der Waals surface area contributed by atoms with E-state index in [4.69, 9.17) is 5.11 Å². The molecule has 0 aliphatic carbocycles. The van der Waals surface area contributed by atoms with E-state index in [-0.39, 0.29) is 11.3 Å². The number of nitro benzene ring substituents is 1. The second-order valence-corrected chi connectivity index (χ2v) is 4.64. The van der Waals surface area contributed by atoms with Crippen molar-refractivity contribution in [1.82, 2.24) is 5.32 Å². The number of nitro groups is 1. The molecule has 0 heterocycles. The number of rotatable bonds is 6. The van der Waals surface area contributed by atoms with Crippen molar-refractivity contribution in [3.63, 3.8) is 0 Å². The van der Waals surface area contributed by atoms with Gasteiger partial charge in [0.15, 0.2) is 0 Å². The Morgan fingerprint density at radius 2 is 2.00 bits per heavy atom. The zero-order valence-electron chi connectivity index (χ0n) is 11.9. The largest absolute Gasteiger partial charge is 0.480 e. The molecule has 0 bridgehead atoms. The highest BCUT2D eigenvalue weighted by molar-refractivity contribution is 5.97. The van der Waals surface area contributed by atoms with Crippen LogP contribution in [-0.4, -0.2) is 34.1 Å². The predicted octanol–water partition coefficient (Wildman–Crippen LogP) is 2.29. The number of benzene rings is 1. The van der Waals surface area contributed by atoms with E-state index in [2.05, 4.69) is 0 Å². The maximum Gasteiger partial charge on any atom is 0.391 e. The van der Waals surface area contributed by atoms with Crippen LogP contribution >= 0.6 is 0 Å². The predicted molar refractivity (Wildman–Crippen MR) is 72.0 cm³/mol. The number of aryl methyl sites for hydroxylation is 1. The summed E-state index contributed by atoms with van der Waals surface area (Å²) in [6, 6.07) is 1.22. The van der Waals surface area contributed by atoms with Gasteiger partial charge >= 0.3 is 12.1 Å². The van der Waals surface area contributed by atoms with Gasteiger partial charge in [-0.15, -0.1) is 0 Å². The Morgan fingerprint density at radius 1 is 1.39 bits per heavy atom. The van der Waals surface area contributed by atoms with Gasteiger partial charge in [-0.3, -0.25) is 14.9 Å². The first-order valence-electron chi connectivity index (χ1n) is 6.43. The van der Waals surface area contributed by atoms with Crippen molar-refractivity contribution in [3.05, 3.63) is 39.4 Å². The fourth-order valence-corrected chi connectivity index (χ4v) is 1.85. The average Bonchev–Trinajstić information content (AvgIpc) is 2.44. The number of carbonyl (C=O) groups excluding carboxylic acids is 1. The lowest BCUT2D eigenvalue weighted by atomic mass is 10.1. The molecular formula is C13H13F3N2O5. The van der Waals surface area contributed by atoms with Gasteiger partial charge in [0, 0.05) is 17.2 Å². The van der Waals surface area contributed by atoms with Gasteiger partial charge in [0.25, 0.3) is 11.6 Å². The molecule has 0 aromatic heterocycles. The minimum absolute atomic E-state index is 0.290. The molecule has 0 spiro atoms. The van der Waals surface area contributed by atoms with E-state index in [9.17, 15) is 32.9 Å². The number of nitrogens with one attached hydrogen (secondary N) is 1. The van der Waals surface area contributed by atoms with E-state index < -0.39 is 35.4 Å². The maximum atomic E-state index is 12.3. The standard InChI is InChI=1S/C13H13F3N2O5/c1-2-7-3-4-8(5-10(7)18(22)23)11(19)17-9(12(20)21)6-13(14,15)16/h3-5,9H,2,6H2,1H3,(H,17,19)(H,20,21). The number of halogens is 3. The van der Waals surface area contributed by atoms with Gasteiger partial charge in [-0.05, 0) is 12.5 Å². The minimum atomic E-state index is -4.78. The quantitative estimate of drug-likeness (QED) is 0.613. The Kier molecular flexibility index (Phi) is 5.66. The molecule has 1 aromatic carbocycles. The van der Waals surface area contributed by atoms with Crippen LogP contribution in [0.5, 0.6) is 0 Å². The van der Waals surface area contributed by atoms with E-state index in [1.807, 2.05) is 0 Å². The van der Waals surface area contributed by atoms with Crippen LogP contribution in [0.3, 0.4) is 0 Å². The highest BCUT2D eigenvalue weighted by atomic mass is 19.4. The first-order chi connectivity index (χ1) is 10.5. The molecule has 1 atom stereocenters. The third kappa shape index (κ3) is 5.24. The fraction of sp³-hybridized carbons (Fsp3) is 0.385. The number of aliphatic carboxylic acids is 1. The zero-order valence-corrected chi connectivity index (χ0v) is 11.9. The van der Waals surface area contributed by atoms with Crippen LogP contribution in [0.4, 0.5) is 18.9 Å². The van der Waals surface area contributed by atoms with Crippen LogP contribution in [0.1, 0.15) is 29.3 Å². The number of carboxylic acids is 1. The Hall–Kier alpha value is -2.65. The summed E-state index contributed by atoms with van der Waals surface area (Å²) in [5.41, 5.74) is -0.304. The van der Waals surface area contributed by atoms with Crippen LogP contribution in [-0.2, 0) is 11.2 Å². The van der Waals surface area contributed by atoms with Crippen molar-refractivity contribution >= 4 is 17.6 Å². The molecule has 10 heteroatoms. The Bertz CT molecular complexity index is 631. The molecule has 0 aliphatic rings. The summed E-state index contributed by atoms with van der Waals surface area (Å²) >= 11 is 0. The first kappa shape index (κ1) is 18.4. The van der Waals surface area contributed by atoms with Gasteiger partial charge < -0.3 is 10.4 Å². The molecule has 1 unspecified atom stereocenters. The Balaban J connectivity index is 3.02. The second-order valence-electron chi connectivity index (χ2n) is 4.64. The lowest BCUT2D eigenvalue weighted by molar-refractivity contribution is -0.385. The normalized spacial score (nSPS) is 12.5. The fourth-order valence-electron chi connectivity index (χ4n) is 1.85. The summed E-state index contributed by atoms with van der Waals surface area (Å²) in [4.78, 5) is 32.8. The third-order valence-electron chi connectivity index (χ3n) is 2.96. The van der Waals surface area contributed by atoms with Crippen molar-refractivity contribution < 1.29 is 32.8 Å². The molecule has 0 saturated heterocycles. The van der Waals surface area contributed by atoms with E-state index in [0.717, 1.165) is 6.07 Å². The highest BCUT2D eigenvalue weighted by Crippen LogP contribution is 2.23. The van der Waals surface area contributed by atoms with Gasteiger partial charge in [-0.25, -0.2) is 4.79 Å². The molecule has 7 nitrogen and oxygen atoms in total. The summed E-state index contributed by atoms with van der Waals surface area (Å²) in [6.45, 7) is 1.66. The number of hydrogen-bond donors (Lipinski definition) is 2. The molecule has 1 rings (SSSR count). The second kappa shape index (κ2) is 7.07. The highest BCUT2D eigenvalue weighted by Gasteiger charge is 2.36. The molecule has 0 saturated carbocycles. The smallest absolute Gasteiger partial charge is 0.391 e. The molecule has 1 aromatic rings. The Labute approximate surface area is 128 Å². The van der Waals surface area contributed by atoms with E-state index in [1.54, 1.807) is 12.2 Å². The number of hydrogen-bond acceptors (Lipinski definition) is 4. The van der Waals surface area contributed by atoms with E-state index in [1.165, 1.54) is 12.1 Å². The van der Waals surface area contributed by atoms with Crippen LogP contribution < -0.4 is 5.32 Å². The van der Waals surface area contributed by atoms with Crippen LogP contribution in [0.25, 0.3) is 0 Å². The lowest BCUT2D eigenvalue weighted by Gasteiger charge is -2.16. The van der Waals surface area contributed by atoms with Gasteiger partial charge in [0.2, 0.25) is 0 Å². The number of amides is 1. The molecule has 0 radical (unpaired) electrons. The average molecular weight is 334 g/mol. The molecule has 0 aliphatic heterocycles. The summed E-state index contributed by atoms with van der Waals surface area (Å²) in [7, 11) is 0. The summed E-state index contributed by atoms with van der Waals surface area (Å²) in [5, 5.41) is 21.4. The molecule has 126 valence electrons. The lowest BCUT2D eigenvalue weighted by Crippen LogP contribution is -2.43. The molecular weight excluding hydrogens is 321 g/mol. The van der Waals surface area contributed by atoms with Crippen molar-refractivity contribution in [1.29, 1.82) is 0 Å². The number of nitrogens with zero attached hydrogens (tertiary/aromatic N) is 1. The third-order valence-corrected chi connectivity index (χ3v) is 2.96. The molecule has 2 N–H and O–H groups in total. The Morgan fingerprint density at radius 3 is 2.43 bits per heavy atom. The van der Waals surface area contributed by atoms with E-state index >= 15 is 0 Å². The summed E-state index contributed by atoms with van der Waals surface area (Å²) in [5.74, 6) is -2.98. The number of carboxylic acid groups (broad SMARTS) is 1. The van der Waals surface area contributed by atoms with E-state index in [0.29, 0.717) is 12.0 Å². The monoisotopic (exact) mass is 334 g/mol. The van der Waals surface area contributed by atoms with Crippen molar-refractivity contribution in [2.45, 2.75) is 32.0 Å². The van der Waals surface area contributed by atoms with Crippen LogP contribution in [0.15, 0.2) is 18.2 Å². The molecule has 23 heavy (non-hydrogen) atoms. The first-order valence-corrected chi connectivity index (χ1v) is 6.43. The minimum Gasteiger partial charge on any atom is -0.480 e. The van der Waals surface area contributed by atoms with Gasteiger partial charge in [-0.1, -0.05) is 13.0 Å². The summed E-state index contributed by atoms with van der Waals surface area (Å²) in [6.07, 6.45) is -6.21. The topological polar surface area (TPSA) is 110 Å². The number of carbonyl (C=O) groups is 2. The van der Waals surface area contributed by atoms with Crippen LogP contribution in [0.2, 0.25) is 0 Å². The van der Waals surface area contributed by atoms with Gasteiger partial charge in [0.1, 0.15) is 6.04 Å². The molecule has 1 amide bonds. The van der Waals surface area contributed by atoms with Crippen molar-refractivity contribution in [3.8, 4) is 0 Å². The SMILES string of the molecule is CCc1ccc(C(=O)NC(CC(F)(F)F)C(=O)O)cc1[N+](=O)[O-]. The van der Waals surface area contributed by atoms with Crippen LogP contribution in [0, 0.1) is 10.1 Å². The maximum absolute atomic E-state index is 12.3. The van der Waals surface area contributed by atoms with Gasteiger partial charge in [0.05, 0.1) is 11.3 Å². The van der Waals surface area contributed by atoms with Gasteiger partial charge in [-0.2, -0.15) is 13.2 Å². The van der Waals surface area contributed by atoms with Crippen molar-refractivity contribution in [2.75, 3.05) is 0 Å². The zero-order chi connectivity index (χ0) is 17.8. The number of alkyl halides is 3. The summed E-state index contributed by atoms with van der Waals surface area (Å²) < 4.78 is 36.9. The molecule has 0 fully saturated rings.